The molecule has 10 heteroatoms. The van der Waals surface area contributed by atoms with Gasteiger partial charge in [0.05, 0.1) is 17.1 Å². The topological polar surface area (TPSA) is 114 Å². The molecule has 1 N–H and O–H groups in total. The molecule has 0 spiro atoms. The van der Waals surface area contributed by atoms with Gasteiger partial charge in [-0.25, -0.2) is 19.7 Å². The minimum Gasteiger partial charge on any atom is -0.451 e. The molecule has 0 radical (unpaired) electrons. The smallest absolute Gasteiger partial charge is 0.350 e. The summed E-state index contributed by atoms with van der Waals surface area (Å²) in [4.78, 5) is 51.0. The number of ether oxygens (including phenoxy) is 1. The molecule has 0 unspecified atom stereocenters. The van der Waals surface area contributed by atoms with E-state index < -0.39 is 18.5 Å². The number of nitrogens with zero attached hydrogens (tertiary/aromatic N) is 4. The first kappa shape index (κ1) is 18.7. The normalized spacial score (nSPS) is 12.9. The quantitative estimate of drug-likeness (QED) is 0.656. The molecule has 1 aliphatic heterocycles. The van der Waals surface area contributed by atoms with Gasteiger partial charge in [0.25, 0.3) is 5.91 Å². The predicted octanol–water partition coefficient (Wildman–Crippen LogP) is 2.05. The Morgan fingerprint density at radius 2 is 1.97 bits per heavy atom. The molecule has 0 aliphatic carbocycles. The van der Waals surface area contributed by atoms with Crippen LogP contribution in [-0.4, -0.2) is 45.9 Å². The third-order valence-electron chi connectivity index (χ3n) is 4.14. The average Bonchev–Trinajstić information content (AvgIpc) is 3.13. The first-order chi connectivity index (χ1) is 14.0. The molecular weight excluding hydrogens is 394 g/mol. The number of carbonyl (C=O) groups excluding carboxylic acids is 3. The van der Waals surface area contributed by atoms with Crippen LogP contribution < -0.4 is 10.2 Å². The second-order valence-electron chi connectivity index (χ2n) is 6.13. The van der Waals surface area contributed by atoms with Crippen LogP contribution in [0.2, 0.25) is 0 Å². The largest absolute Gasteiger partial charge is 0.451 e. The van der Waals surface area contributed by atoms with Gasteiger partial charge in [0, 0.05) is 12.4 Å². The summed E-state index contributed by atoms with van der Waals surface area (Å²) in [6, 6.07) is 8.62. The number of thiazole rings is 1. The lowest BCUT2D eigenvalue weighted by Crippen LogP contribution is -2.44. The van der Waals surface area contributed by atoms with E-state index >= 15 is 0 Å². The molecule has 1 aliphatic rings. The number of amides is 2. The van der Waals surface area contributed by atoms with Crippen molar-refractivity contribution in [3.63, 3.8) is 0 Å². The van der Waals surface area contributed by atoms with E-state index in [4.69, 9.17) is 4.74 Å². The standard InChI is InChI=1S/C19H15N5O4S/c1-11-16(29-18(22-11)17-20-7-4-8-21-17)19(27)28-10-15(26)24-9-14(25)23-12-5-2-3-6-13(12)24/h2-8H,9-10H2,1H3,(H,23,25). The summed E-state index contributed by atoms with van der Waals surface area (Å²) in [5.74, 6) is -1.06. The lowest BCUT2D eigenvalue weighted by Gasteiger charge is -2.28. The Kier molecular flexibility index (Phi) is 5.00. The molecule has 3 aromatic rings. The monoisotopic (exact) mass is 409 g/mol. The van der Waals surface area contributed by atoms with Crippen molar-refractivity contribution in [1.82, 2.24) is 15.0 Å². The van der Waals surface area contributed by atoms with Crippen LogP contribution in [0, 0.1) is 6.92 Å². The molecule has 4 rings (SSSR count). The number of para-hydroxylation sites is 2. The highest BCUT2D eigenvalue weighted by molar-refractivity contribution is 7.16. The molecule has 2 aromatic heterocycles. The van der Waals surface area contributed by atoms with Gasteiger partial charge in [-0.1, -0.05) is 12.1 Å². The molecule has 0 atom stereocenters. The van der Waals surface area contributed by atoms with Crippen molar-refractivity contribution in [2.45, 2.75) is 6.92 Å². The van der Waals surface area contributed by atoms with E-state index in [0.717, 1.165) is 11.3 Å². The summed E-state index contributed by atoms with van der Waals surface area (Å²) in [5.41, 5.74) is 1.57. The van der Waals surface area contributed by atoms with Crippen LogP contribution in [-0.2, 0) is 14.3 Å². The third-order valence-corrected chi connectivity index (χ3v) is 5.27. The van der Waals surface area contributed by atoms with Crippen molar-refractivity contribution < 1.29 is 19.1 Å². The Morgan fingerprint density at radius 1 is 1.21 bits per heavy atom. The first-order valence-corrected chi connectivity index (χ1v) is 9.46. The van der Waals surface area contributed by atoms with E-state index in [0.29, 0.717) is 27.9 Å². The molecule has 29 heavy (non-hydrogen) atoms. The van der Waals surface area contributed by atoms with Crippen LogP contribution in [0.15, 0.2) is 42.7 Å². The maximum Gasteiger partial charge on any atom is 0.350 e. The van der Waals surface area contributed by atoms with Crippen molar-refractivity contribution in [2.75, 3.05) is 23.4 Å². The first-order valence-electron chi connectivity index (χ1n) is 8.64. The fraction of sp³-hybridized carbons (Fsp3) is 0.158. The molecule has 0 saturated carbocycles. The number of nitrogens with one attached hydrogen (secondary N) is 1. The average molecular weight is 409 g/mol. The molecule has 3 heterocycles. The summed E-state index contributed by atoms with van der Waals surface area (Å²) < 4.78 is 5.19. The molecule has 1 aromatic carbocycles. The maximum atomic E-state index is 12.6. The van der Waals surface area contributed by atoms with Crippen LogP contribution >= 0.6 is 11.3 Å². The highest BCUT2D eigenvalue weighted by atomic mass is 32.1. The van der Waals surface area contributed by atoms with Gasteiger partial charge in [-0.05, 0) is 25.1 Å². The zero-order valence-corrected chi connectivity index (χ0v) is 16.1. The number of esters is 1. The molecule has 2 amide bonds. The zero-order valence-electron chi connectivity index (χ0n) is 15.3. The van der Waals surface area contributed by atoms with Crippen molar-refractivity contribution in [2.24, 2.45) is 0 Å². The summed E-state index contributed by atoms with van der Waals surface area (Å²) in [6.45, 7) is 1.05. The Labute approximate surface area is 169 Å². The number of aryl methyl sites for hydroxylation is 1. The van der Waals surface area contributed by atoms with Gasteiger partial charge in [-0.2, -0.15) is 0 Å². The van der Waals surface area contributed by atoms with Gasteiger partial charge in [0.1, 0.15) is 11.4 Å². The fourth-order valence-corrected chi connectivity index (χ4v) is 3.73. The number of hydrogen-bond donors (Lipinski definition) is 1. The second-order valence-corrected chi connectivity index (χ2v) is 7.13. The Balaban J connectivity index is 1.46. The number of aromatic nitrogens is 3. The minimum absolute atomic E-state index is 0.136. The molecule has 9 nitrogen and oxygen atoms in total. The number of benzene rings is 1. The molecule has 0 fully saturated rings. The summed E-state index contributed by atoms with van der Waals surface area (Å²) in [5, 5.41) is 3.19. The van der Waals surface area contributed by atoms with E-state index in [1.165, 1.54) is 4.90 Å². The van der Waals surface area contributed by atoms with Crippen molar-refractivity contribution in [3.8, 4) is 10.8 Å². The van der Waals surface area contributed by atoms with Gasteiger partial charge < -0.3 is 10.1 Å². The number of carbonyl (C=O) groups is 3. The molecule has 0 saturated heterocycles. The van der Waals surface area contributed by atoms with Crippen molar-refractivity contribution >= 4 is 40.5 Å². The minimum atomic E-state index is -0.662. The molecular formula is C19H15N5O4S. The van der Waals surface area contributed by atoms with Crippen LogP contribution in [0.1, 0.15) is 15.4 Å². The SMILES string of the molecule is Cc1nc(-c2ncccn2)sc1C(=O)OCC(=O)N1CC(=O)Nc2ccccc21. The summed E-state index contributed by atoms with van der Waals surface area (Å²) in [6.07, 6.45) is 3.17. The predicted molar refractivity (Wildman–Crippen MR) is 106 cm³/mol. The van der Waals surface area contributed by atoms with Crippen LogP contribution in [0.5, 0.6) is 0 Å². The Bertz CT molecular complexity index is 1100. The van der Waals surface area contributed by atoms with E-state index in [9.17, 15) is 14.4 Å². The van der Waals surface area contributed by atoms with Gasteiger partial charge in [0.2, 0.25) is 5.91 Å². The fourth-order valence-electron chi connectivity index (χ4n) is 2.82. The van der Waals surface area contributed by atoms with Gasteiger partial charge in [-0.15, -0.1) is 11.3 Å². The van der Waals surface area contributed by atoms with Crippen LogP contribution in [0.3, 0.4) is 0 Å². The number of fused-ring (bicyclic) bond motifs is 1. The number of hydrogen-bond acceptors (Lipinski definition) is 8. The van der Waals surface area contributed by atoms with Gasteiger partial charge in [0.15, 0.2) is 17.4 Å². The zero-order chi connectivity index (χ0) is 20.4. The van der Waals surface area contributed by atoms with Crippen LogP contribution in [0.25, 0.3) is 10.8 Å². The lowest BCUT2D eigenvalue weighted by molar-refractivity contribution is -0.124. The Hall–Kier alpha value is -3.66. The van der Waals surface area contributed by atoms with Crippen LogP contribution in [0.4, 0.5) is 11.4 Å². The van der Waals surface area contributed by atoms with Gasteiger partial charge >= 0.3 is 5.97 Å². The maximum absolute atomic E-state index is 12.6. The van der Waals surface area contributed by atoms with E-state index in [-0.39, 0.29) is 17.3 Å². The molecule has 0 bridgehead atoms. The third kappa shape index (κ3) is 3.83. The highest BCUT2D eigenvalue weighted by Gasteiger charge is 2.28. The number of anilines is 2. The summed E-state index contributed by atoms with van der Waals surface area (Å²) >= 11 is 1.10. The van der Waals surface area contributed by atoms with Crippen molar-refractivity contribution in [1.29, 1.82) is 0 Å². The van der Waals surface area contributed by atoms with E-state index in [1.807, 2.05) is 0 Å². The summed E-state index contributed by atoms with van der Waals surface area (Å²) in [7, 11) is 0. The van der Waals surface area contributed by atoms with Gasteiger partial charge in [-0.3, -0.25) is 14.5 Å². The lowest BCUT2D eigenvalue weighted by atomic mass is 10.2. The second kappa shape index (κ2) is 7.76. The highest BCUT2D eigenvalue weighted by Crippen LogP contribution is 2.29. The number of rotatable bonds is 4. The Morgan fingerprint density at radius 3 is 2.76 bits per heavy atom. The van der Waals surface area contributed by atoms with Crippen molar-refractivity contribution in [3.05, 3.63) is 53.3 Å². The van der Waals surface area contributed by atoms with E-state index in [2.05, 4.69) is 20.3 Å². The molecule has 146 valence electrons. The van der Waals surface area contributed by atoms with E-state index in [1.54, 1.807) is 49.6 Å².